The number of hydrogen-bond acceptors (Lipinski definition) is 3. The van der Waals surface area contributed by atoms with Crippen LogP contribution in [0.4, 0.5) is 0 Å². The molecule has 2 rings (SSSR count). The van der Waals surface area contributed by atoms with Crippen LogP contribution in [0, 0.1) is 0 Å². The second kappa shape index (κ2) is 8.15. The summed E-state index contributed by atoms with van der Waals surface area (Å²) in [6.45, 7) is 8.10. The van der Waals surface area contributed by atoms with Gasteiger partial charge in [-0.2, -0.15) is 0 Å². The zero-order valence-electron chi connectivity index (χ0n) is 13.4. The molecule has 0 radical (unpaired) electrons. The molecule has 1 aromatic rings. The van der Waals surface area contributed by atoms with E-state index in [0.717, 1.165) is 31.9 Å². The van der Waals surface area contributed by atoms with Crippen molar-refractivity contribution in [3.05, 3.63) is 39.9 Å². The van der Waals surface area contributed by atoms with Crippen LogP contribution in [-0.2, 0) is 9.53 Å². The summed E-state index contributed by atoms with van der Waals surface area (Å²) in [4.78, 5) is 14.3. The van der Waals surface area contributed by atoms with Gasteiger partial charge >= 0.3 is 0 Å². The van der Waals surface area contributed by atoms with E-state index < -0.39 is 0 Å². The third-order valence-corrected chi connectivity index (χ3v) is 4.67. The van der Waals surface area contributed by atoms with E-state index in [-0.39, 0.29) is 11.4 Å². The Morgan fingerprint density at radius 1 is 1.30 bits per heavy atom. The molecule has 1 N–H and O–H groups in total. The maximum Gasteiger partial charge on any atom is 0.244 e. The van der Waals surface area contributed by atoms with Gasteiger partial charge in [0, 0.05) is 31.2 Å². The molecule has 1 heterocycles. The van der Waals surface area contributed by atoms with Crippen LogP contribution in [0.5, 0.6) is 0 Å². The van der Waals surface area contributed by atoms with E-state index in [1.54, 1.807) is 18.2 Å². The maximum absolute atomic E-state index is 12.0. The van der Waals surface area contributed by atoms with E-state index in [1.165, 1.54) is 6.08 Å². The number of benzene rings is 1. The van der Waals surface area contributed by atoms with Gasteiger partial charge in [0.2, 0.25) is 5.91 Å². The Morgan fingerprint density at radius 3 is 2.65 bits per heavy atom. The SMILES string of the molecule is CC(C)(CNC(=O)/C=C/c1ccc(Cl)c(Cl)c1)N1CCOCC1. The van der Waals surface area contributed by atoms with Gasteiger partial charge < -0.3 is 10.1 Å². The number of halogens is 2. The Labute approximate surface area is 147 Å². The normalized spacial score (nSPS) is 16.7. The largest absolute Gasteiger partial charge is 0.379 e. The Kier molecular flexibility index (Phi) is 6.48. The van der Waals surface area contributed by atoms with Gasteiger partial charge in [0.25, 0.3) is 0 Å². The van der Waals surface area contributed by atoms with Gasteiger partial charge in [-0.25, -0.2) is 0 Å². The van der Waals surface area contributed by atoms with Crippen molar-refractivity contribution in [2.24, 2.45) is 0 Å². The van der Waals surface area contributed by atoms with E-state index in [4.69, 9.17) is 27.9 Å². The van der Waals surface area contributed by atoms with Gasteiger partial charge in [0.05, 0.1) is 23.3 Å². The summed E-state index contributed by atoms with van der Waals surface area (Å²) in [5, 5.41) is 3.92. The van der Waals surface area contributed by atoms with Crippen LogP contribution in [0.2, 0.25) is 10.0 Å². The molecule has 0 aliphatic carbocycles. The van der Waals surface area contributed by atoms with E-state index in [2.05, 4.69) is 24.1 Å². The number of carbonyl (C=O) groups is 1. The summed E-state index contributed by atoms with van der Waals surface area (Å²) in [6, 6.07) is 5.25. The molecule has 0 saturated carbocycles. The molecule has 0 unspecified atom stereocenters. The molecule has 1 aliphatic heterocycles. The second-order valence-corrected chi connectivity index (χ2v) is 6.95. The van der Waals surface area contributed by atoms with Gasteiger partial charge in [0.15, 0.2) is 0 Å². The lowest BCUT2D eigenvalue weighted by atomic mass is 10.0. The van der Waals surface area contributed by atoms with Crippen molar-refractivity contribution in [3.8, 4) is 0 Å². The molecule has 0 atom stereocenters. The van der Waals surface area contributed by atoms with Crippen LogP contribution in [0.25, 0.3) is 6.08 Å². The van der Waals surface area contributed by atoms with Gasteiger partial charge in [-0.3, -0.25) is 9.69 Å². The highest BCUT2D eigenvalue weighted by Crippen LogP contribution is 2.23. The zero-order valence-corrected chi connectivity index (χ0v) is 15.0. The Morgan fingerprint density at radius 2 is 2.00 bits per heavy atom. The quantitative estimate of drug-likeness (QED) is 0.823. The van der Waals surface area contributed by atoms with E-state index >= 15 is 0 Å². The number of morpholine rings is 1. The lowest BCUT2D eigenvalue weighted by Gasteiger charge is -2.40. The van der Waals surface area contributed by atoms with Gasteiger partial charge in [-0.05, 0) is 37.6 Å². The number of amides is 1. The first kappa shape index (κ1) is 18.3. The predicted octanol–water partition coefficient (Wildman–Crippen LogP) is 3.23. The molecule has 4 nitrogen and oxygen atoms in total. The highest BCUT2D eigenvalue weighted by Gasteiger charge is 2.28. The summed E-state index contributed by atoms with van der Waals surface area (Å²) in [5.41, 5.74) is 0.735. The first-order valence-corrected chi connectivity index (χ1v) is 8.38. The molecule has 126 valence electrons. The van der Waals surface area contributed by atoms with Gasteiger partial charge in [-0.15, -0.1) is 0 Å². The molecular formula is C17H22Cl2N2O2. The molecule has 1 aromatic carbocycles. The molecule has 1 fully saturated rings. The Hall–Kier alpha value is -1.07. The first-order chi connectivity index (χ1) is 10.9. The molecule has 1 aliphatic rings. The molecular weight excluding hydrogens is 335 g/mol. The van der Waals surface area contributed by atoms with E-state index in [0.29, 0.717) is 16.6 Å². The number of nitrogens with one attached hydrogen (secondary N) is 1. The minimum Gasteiger partial charge on any atom is -0.379 e. The highest BCUT2D eigenvalue weighted by molar-refractivity contribution is 6.42. The fourth-order valence-electron chi connectivity index (χ4n) is 2.43. The Bertz CT molecular complexity index is 582. The molecule has 1 saturated heterocycles. The van der Waals surface area contributed by atoms with Gasteiger partial charge in [-0.1, -0.05) is 29.3 Å². The Balaban J connectivity index is 1.86. The van der Waals surface area contributed by atoms with Crippen molar-refractivity contribution in [1.29, 1.82) is 0 Å². The number of ether oxygens (including phenoxy) is 1. The average molecular weight is 357 g/mol. The highest BCUT2D eigenvalue weighted by atomic mass is 35.5. The number of hydrogen-bond donors (Lipinski definition) is 1. The van der Waals surface area contributed by atoms with Gasteiger partial charge in [0.1, 0.15) is 0 Å². The lowest BCUT2D eigenvalue weighted by molar-refractivity contribution is -0.117. The van der Waals surface area contributed by atoms with Crippen LogP contribution in [0.15, 0.2) is 24.3 Å². The molecule has 1 amide bonds. The van der Waals surface area contributed by atoms with Crippen molar-refractivity contribution in [3.63, 3.8) is 0 Å². The molecule has 0 aromatic heterocycles. The second-order valence-electron chi connectivity index (χ2n) is 6.14. The van der Waals surface area contributed by atoms with Crippen molar-refractivity contribution in [2.45, 2.75) is 19.4 Å². The van der Waals surface area contributed by atoms with Crippen LogP contribution in [-0.4, -0.2) is 49.2 Å². The summed E-state index contributed by atoms with van der Waals surface area (Å²) < 4.78 is 5.37. The van der Waals surface area contributed by atoms with Crippen molar-refractivity contribution in [1.82, 2.24) is 10.2 Å². The fraction of sp³-hybridized carbons (Fsp3) is 0.471. The van der Waals surface area contributed by atoms with E-state index in [1.807, 2.05) is 6.07 Å². The third kappa shape index (κ3) is 5.50. The fourth-order valence-corrected chi connectivity index (χ4v) is 2.74. The lowest BCUT2D eigenvalue weighted by Crippen LogP contribution is -2.55. The molecule has 0 spiro atoms. The van der Waals surface area contributed by atoms with Crippen molar-refractivity contribution >= 4 is 35.2 Å². The number of nitrogens with zero attached hydrogens (tertiary/aromatic N) is 1. The average Bonchev–Trinajstić information content (AvgIpc) is 2.55. The molecule has 23 heavy (non-hydrogen) atoms. The van der Waals surface area contributed by atoms with Crippen LogP contribution in [0.1, 0.15) is 19.4 Å². The third-order valence-electron chi connectivity index (χ3n) is 3.93. The molecule has 0 bridgehead atoms. The minimum absolute atomic E-state index is 0.100. The zero-order chi connectivity index (χ0) is 16.9. The first-order valence-electron chi connectivity index (χ1n) is 7.62. The predicted molar refractivity (Wildman–Crippen MR) is 95.0 cm³/mol. The monoisotopic (exact) mass is 356 g/mol. The topological polar surface area (TPSA) is 41.6 Å². The number of carbonyl (C=O) groups excluding carboxylic acids is 1. The van der Waals surface area contributed by atoms with Crippen LogP contribution >= 0.6 is 23.2 Å². The van der Waals surface area contributed by atoms with Crippen molar-refractivity contribution in [2.75, 3.05) is 32.8 Å². The van der Waals surface area contributed by atoms with Crippen molar-refractivity contribution < 1.29 is 9.53 Å². The smallest absolute Gasteiger partial charge is 0.244 e. The maximum atomic E-state index is 12.0. The summed E-state index contributed by atoms with van der Waals surface area (Å²) in [7, 11) is 0. The van der Waals surface area contributed by atoms with Crippen LogP contribution in [0.3, 0.4) is 0 Å². The van der Waals surface area contributed by atoms with Crippen LogP contribution < -0.4 is 5.32 Å². The molecule has 6 heteroatoms. The van der Waals surface area contributed by atoms with E-state index in [9.17, 15) is 4.79 Å². The standard InChI is InChI=1S/C17H22Cl2N2O2/c1-17(2,21-7-9-23-10-8-21)12-20-16(22)6-4-13-3-5-14(18)15(19)11-13/h3-6,11H,7-10,12H2,1-2H3,(H,20,22)/b6-4+. The minimum atomic E-state index is -0.127. The summed E-state index contributed by atoms with van der Waals surface area (Å²) >= 11 is 11.8. The number of rotatable bonds is 5. The summed E-state index contributed by atoms with van der Waals surface area (Å²) in [5.74, 6) is -0.127. The summed E-state index contributed by atoms with van der Waals surface area (Å²) in [6.07, 6.45) is 3.23.